The molecule has 0 amide bonds. The Morgan fingerprint density at radius 1 is 0.250 bits per heavy atom. The van der Waals surface area contributed by atoms with Gasteiger partial charge in [-0.2, -0.15) is 0 Å². The van der Waals surface area contributed by atoms with Crippen LogP contribution in [0.1, 0.15) is 54.2 Å². The second kappa shape index (κ2) is 22.5. The van der Waals surface area contributed by atoms with Gasteiger partial charge in [0.2, 0.25) is 0 Å². The zero-order valence-electron chi connectivity index (χ0n) is 32.8. The molecule has 0 aliphatic rings. The Morgan fingerprint density at radius 3 is 0.462 bits per heavy atom. The van der Waals surface area contributed by atoms with Crippen LogP contribution in [0, 0.1) is 41.5 Å². The van der Waals surface area contributed by atoms with Crippen LogP contribution in [0.2, 0.25) is 0 Å². The molecule has 0 aliphatic carbocycles. The first kappa shape index (κ1) is 43.7. The monoisotopic (exact) mass is 835 g/mol. The van der Waals surface area contributed by atoms with Crippen molar-refractivity contribution in [1.82, 2.24) is 0 Å². The third kappa shape index (κ3) is 13.3. The van der Waals surface area contributed by atoms with Crippen LogP contribution < -0.4 is 31.8 Å². The van der Waals surface area contributed by atoms with Gasteiger partial charge in [-0.05, 0) is 135 Å². The Hall–Kier alpha value is -2.73. The quantitative estimate of drug-likeness (QED) is 0.101. The molecule has 0 radical (unpaired) electrons. The molecule has 0 aliphatic heterocycles. The number of aryl methyl sites for hydroxylation is 6. The molecule has 274 valence electrons. The molecule has 0 nitrogen and oxygen atoms in total. The van der Waals surface area contributed by atoms with Crippen LogP contribution in [-0.2, 0) is 20.4 Å². The summed E-state index contributed by atoms with van der Waals surface area (Å²) in [5.41, 5.74) is 8.06. The first-order valence-corrected chi connectivity index (χ1v) is 23.7. The topological polar surface area (TPSA) is 0 Å². The second-order valence-corrected chi connectivity index (χ2v) is 22.1. The average Bonchev–Trinajstić information content (AvgIpc) is 3.14. The van der Waals surface area contributed by atoms with Crippen molar-refractivity contribution in [1.29, 1.82) is 0 Å². The van der Waals surface area contributed by atoms with E-state index in [0.717, 1.165) is 0 Å². The first-order chi connectivity index (χ1) is 24.6. The van der Waals surface area contributed by atoms with E-state index >= 15 is 0 Å². The van der Waals surface area contributed by atoms with Gasteiger partial charge >= 0.3 is 0 Å². The molecule has 0 spiro atoms. The van der Waals surface area contributed by atoms with Crippen LogP contribution in [0.5, 0.6) is 0 Å². The van der Waals surface area contributed by atoms with E-state index in [1.54, 1.807) is 0 Å². The van der Waals surface area contributed by atoms with Gasteiger partial charge in [0, 0.05) is 20.4 Å². The Labute approximate surface area is 333 Å². The fourth-order valence-corrected chi connectivity index (χ4v) is 13.1. The van der Waals surface area contributed by atoms with Crippen LogP contribution in [0.15, 0.2) is 146 Å². The van der Waals surface area contributed by atoms with Gasteiger partial charge in [0.1, 0.15) is 0 Å². The van der Waals surface area contributed by atoms with Crippen LogP contribution >= 0.6 is 23.8 Å². The predicted molar refractivity (Wildman–Crippen MR) is 241 cm³/mol. The van der Waals surface area contributed by atoms with Gasteiger partial charge in [0.15, 0.2) is 0 Å². The summed E-state index contributed by atoms with van der Waals surface area (Å²) in [6.45, 7) is 19.8. The zero-order valence-corrected chi connectivity index (χ0v) is 37.3. The Balaban J connectivity index is 0.000000208. The zero-order chi connectivity index (χ0) is 36.8. The normalized spacial score (nSPS) is 10.6. The van der Waals surface area contributed by atoms with Crippen molar-refractivity contribution in [2.75, 3.05) is 18.5 Å². The molecule has 0 bridgehead atoms. The van der Waals surface area contributed by atoms with Crippen molar-refractivity contribution < 1.29 is 20.4 Å². The van der Waals surface area contributed by atoms with Crippen LogP contribution in [0.25, 0.3) is 0 Å². The third-order valence-corrected chi connectivity index (χ3v) is 17.8. The first-order valence-electron chi connectivity index (χ1n) is 18.6. The summed E-state index contributed by atoms with van der Waals surface area (Å²) < 4.78 is 0. The minimum Gasteiger partial charge on any atom is -0.0554 e. The maximum atomic E-state index is 2.30. The van der Waals surface area contributed by atoms with Gasteiger partial charge in [0.25, 0.3) is 0 Å². The molecule has 0 saturated heterocycles. The molecule has 6 rings (SSSR count). The van der Waals surface area contributed by atoms with Gasteiger partial charge in [-0.25, -0.2) is 0 Å². The average molecular weight is 836 g/mol. The van der Waals surface area contributed by atoms with E-state index in [9.17, 15) is 0 Å². The molecule has 0 heterocycles. The van der Waals surface area contributed by atoms with Crippen LogP contribution in [-0.4, -0.2) is 18.5 Å². The summed E-state index contributed by atoms with van der Waals surface area (Å²) in [6.07, 6.45) is 3.74. The molecule has 52 heavy (non-hydrogen) atoms. The number of hydrogen-bond acceptors (Lipinski definition) is 0. The van der Waals surface area contributed by atoms with E-state index in [4.69, 9.17) is 0 Å². The summed E-state index contributed by atoms with van der Waals surface area (Å²) >= 11 is 0. The predicted octanol–water partition coefficient (Wildman–Crippen LogP) is 10.5. The van der Waals surface area contributed by atoms with Gasteiger partial charge in [-0.15, -0.1) is 0 Å². The van der Waals surface area contributed by atoms with E-state index < -0.39 is 23.8 Å². The molecule has 0 N–H and O–H groups in total. The van der Waals surface area contributed by atoms with E-state index in [0.29, 0.717) is 0 Å². The molecule has 0 fully saturated rings. The maximum Gasteiger partial charge on any atom is 0.0967 e. The smallest absolute Gasteiger partial charge is 0.0554 e. The molecule has 0 aromatic heterocycles. The Bertz CT molecular complexity index is 1500. The van der Waals surface area contributed by atoms with Crippen LogP contribution in [0.4, 0.5) is 0 Å². The molecule has 0 unspecified atom stereocenters. The summed E-state index contributed by atoms with van der Waals surface area (Å²) in [4.78, 5) is 0. The largest absolute Gasteiger partial charge is 0.0967 e. The van der Waals surface area contributed by atoms with Crippen molar-refractivity contribution in [3.05, 3.63) is 179 Å². The molecule has 6 aromatic rings. The van der Waals surface area contributed by atoms with E-state index in [-0.39, 0.29) is 20.4 Å². The Morgan fingerprint density at radius 2 is 0.365 bits per heavy atom. The van der Waals surface area contributed by atoms with Gasteiger partial charge in [-0.1, -0.05) is 106 Å². The number of benzene rings is 6. The van der Waals surface area contributed by atoms with Crippen LogP contribution in [0.3, 0.4) is 0 Å². The van der Waals surface area contributed by atoms with Crippen molar-refractivity contribution in [3.8, 4) is 0 Å². The summed E-state index contributed by atoms with van der Waals surface area (Å²) in [6, 6.07) is 54.3. The molecule has 0 saturated carbocycles. The third-order valence-electron chi connectivity index (χ3n) is 9.46. The molecular formula is C48H60P3Pd+3. The molecular weight excluding hydrogens is 776 g/mol. The second-order valence-electron chi connectivity index (χ2n) is 13.7. The maximum absolute atomic E-state index is 2.30. The summed E-state index contributed by atoms with van der Waals surface area (Å²) in [5, 5.41) is 9.12. The van der Waals surface area contributed by atoms with Crippen molar-refractivity contribution in [3.63, 3.8) is 0 Å². The van der Waals surface area contributed by atoms with Gasteiger partial charge in [-0.3, -0.25) is 0 Å². The minimum atomic E-state index is -0.572. The minimum absolute atomic E-state index is 0. The summed E-state index contributed by atoms with van der Waals surface area (Å²) in [5.74, 6) is 0. The van der Waals surface area contributed by atoms with Crippen molar-refractivity contribution >= 4 is 55.6 Å². The molecule has 0 atom stereocenters. The van der Waals surface area contributed by atoms with E-state index in [1.165, 1.54) is 83.7 Å². The Kier molecular flexibility index (Phi) is 18.9. The summed E-state index contributed by atoms with van der Waals surface area (Å²) in [7, 11) is -1.72. The molecule has 4 heteroatoms. The standard InChI is InChI=1S/3C16H19P.Pd/c3*1-4-17(15-9-5-13(2)6-10-15)16-11-7-14(3)8-12-16;/h3*5-12H,4H2,1-3H3;/p+3. The fourth-order valence-electron chi connectivity index (χ4n) is 6.25. The van der Waals surface area contributed by atoms with E-state index in [1.807, 2.05) is 0 Å². The van der Waals surface area contributed by atoms with E-state index in [2.05, 4.69) is 208 Å². The van der Waals surface area contributed by atoms with Gasteiger partial charge < -0.3 is 0 Å². The molecule has 6 aromatic carbocycles. The van der Waals surface area contributed by atoms with Crippen molar-refractivity contribution in [2.24, 2.45) is 0 Å². The number of hydrogen-bond donors (Lipinski definition) is 0. The SMILES string of the molecule is CC[PH+](c1ccc(C)cc1)c1ccc(C)cc1.CC[PH+](c1ccc(C)cc1)c1ccc(C)cc1.CC[PH+](c1ccc(C)cc1)c1ccc(C)cc1.[Pd]. The van der Waals surface area contributed by atoms with Crippen molar-refractivity contribution in [2.45, 2.75) is 62.3 Å². The number of rotatable bonds is 9. The fraction of sp³-hybridized carbons (Fsp3) is 0.250. The van der Waals surface area contributed by atoms with Gasteiger partial charge in [0.05, 0.1) is 74.1 Å².